The maximum atomic E-state index is 10.6. The van der Waals surface area contributed by atoms with Crippen molar-refractivity contribution in [2.24, 2.45) is 5.73 Å². The van der Waals surface area contributed by atoms with Crippen molar-refractivity contribution in [3.63, 3.8) is 0 Å². The van der Waals surface area contributed by atoms with E-state index in [2.05, 4.69) is 0 Å². The van der Waals surface area contributed by atoms with Crippen molar-refractivity contribution >= 4 is 13.1 Å². The Morgan fingerprint density at radius 1 is 1.58 bits per heavy atom. The average molecular weight is 173 g/mol. The molecule has 1 unspecified atom stereocenters. The first-order valence-corrected chi connectivity index (χ1v) is 3.84. The Hall–Kier alpha value is -0.585. The van der Waals surface area contributed by atoms with E-state index in [0.29, 0.717) is 12.8 Å². The van der Waals surface area contributed by atoms with E-state index < -0.39 is 24.4 Å². The standard InChI is InChI=1S/C6H12BNO4/c8-6(5(9)10)2-1-4(3-6)7(11)12/h4,11-12H,1-3,8H2,(H,9,10)/t4?,6-/m0/s1. The van der Waals surface area contributed by atoms with E-state index in [1.807, 2.05) is 0 Å². The molecule has 1 fully saturated rings. The van der Waals surface area contributed by atoms with Gasteiger partial charge in [0.15, 0.2) is 0 Å². The van der Waals surface area contributed by atoms with Gasteiger partial charge in [-0.05, 0) is 25.1 Å². The molecule has 5 nitrogen and oxygen atoms in total. The predicted molar refractivity (Wildman–Crippen MR) is 42.3 cm³/mol. The molecule has 1 aliphatic rings. The fourth-order valence-corrected chi connectivity index (χ4v) is 1.56. The number of nitrogens with two attached hydrogens (primary N) is 1. The molecule has 12 heavy (non-hydrogen) atoms. The van der Waals surface area contributed by atoms with Crippen molar-refractivity contribution < 1.29 is 19.9 Å². The molecule has 0 aliphatic heterocycles. The summed E-state index contributed by atoms with van der Waals surface area (Å²) in [6.07, 6.45) is 0.908. The normalized spacial score (nSPS) is 35.1. The smallest absolute Gasteiger partial charge is 0.454 e. The minimum absolute atomic E-state index is 0.139. The lowest BCUT2D eigenvalue weighted by molar-refractivity contribution is -0.143. The van der Waals surface area contributed by atoms with Crippen molar-refractivity contribution in [2.75, 3.05) is 0 Å². The Balaban J connectivity index is 2.61. The van der Waals surface area contributed by atoms with Gasteiger partial charge in [-0.2, -0.15) is 0 Å². The van der Waals surface area contributed by atoms with Gasteiger partial charge >= 0.3 is 13.1 Å². The van der Waals surface area contributed by atoms with Crippen LogP contribution in [0.5, 0.6) is 0 Å². The van der Waals surface area contributed by atoms with E-state index in [1.165, 1.54) is 0 Å². The monoisotopic (exact) mass is 173 g/mol. The number of aliphatic carboxylic acids is 1. The molecule has 0 saturated heterocycles. The van der Waals surface area contributed by atoms with Crippen LogP contribution in [0.15, 0.2) is 0 Å². The zero-order valence-electron chi connectivity index (χ0n) is 6.60. The quantitative estimate of drug-likeness (QED) is 0.392. The molecular weight excluding hydrogens is 161 g/mol. The van der Waals surface area contributed by atoms with Crippen LogP contribution in [-0.4, -0.2) is 33.8 Å². The molecule has 1 rings (SSSR count). The molecule has 1 aliphatic carbocycles. The lowest BCUT2D eigenvalue weighted by atomic mass is 9.71. The molecule has 5 N–H and O–H groups in total. The van der Waals surface area contributed by atoms with Crippen LogP contribution in [0, 0.1) is 0 Å². The van der Waals surface area contributed by atoms with Gasteiger partial charge in [-0.15, -0.1) is 0 Å². The van der Waals surface area contributed by atoms with Crippen LogP contribution in [0.3, 0.4) is 0 Å². The van der Waals surface area contributed by atoms with Gasteiger partial charge < -0.3 is 20.9 Å². The summed E-state index contributed by atoms with van der Waals surface area (Å²) in [5.41, 5.74) is 4.25. The van der Waals surface area contributed by atoms with E-state index in [-0.39, 0.29) is 6.42 Å². The summed E-state index contributed by atoms with van der Waals surface area (Å²) >= 11 is 0. The van der Waals surface area contributed by atoms with Gasteiger partial charge in [0.2, 0.25) is 0 Å². The number of rotatable bonds is 2. The maximum Gasteiger partial charge on any atom is 0.454 e. The first kappa shape index (κ1) is 9.50. The SMILES string of the molecule is N[C@@]1(C(=O)O)CCC(B(O)O)C1. The fourth-order valence-electron chi connectivity index (χ4n) is 1.56. The molecule has 6 heteroatoms. The van der Waals surface area contributed by atoms with Gasteiger partial charge in [0, 0.05) is 0 Å². The Kier molecular flexibility index (Phi) is 2.41. The minimum Gasteiger partial charge on any atom is -0.480 e. The van der Waals surface area contributed by atoms with Gasteiger partial charge in [-0.25, -0.2) is 0 Å². The molecule has 0 aromatic rings. The van der Waals surface area contributed by atoms with Crippen LogP contribution in [0.4, 0.5) is 0 Å². The second-order valence-corrected chi connectivity index (χ2v) is 3.38. The molecule has 0 amide bonds. The summed E-state index contributed by atoms with van der Waals surface area (Å²) in [7, 11) is -1.45. The van der Waals surface area contributed by atoms with Crippen LogP contribution in [0.1, 0.15) is 19.3 Å². The van der Waals surface area contributed by atoms with Crippen molar-refractivity contribution in [3.8, 4) is 0 Å². The third kappa shape index (κ3) is 1.60. The summed E-state index contributed by atoms with van der Waals surface area (Å²) in [6, 6.07) is 0. The van der Waals surface area contributed by atoms with Crippen molar-refractivity contribution in [2.45, 2.75) is 30.6 Å². The highest BCUT2D eigenvalue weighted by Gasteiger charge is 2.45. The molecule has 0 radical (unpaired) electrons. The molecule has 0 aromatic heterocycles. The Morgan fingerprint density at radius 2 is 2.17 bits per heavy atom. The van der Waals surface area contributed by atoms with Gasteiger partial charge in [-0.1, -0.05) is 0 Å². The molecule has 1 saturated carbocycles. The number of carboxylic acids is 1. The predicted octanol–water partition coefficient (Wildman–Crippen LogP) is -1.20. The van der Waals surface area contributed by atoms with Crippen LogP contribution >= 0.6 is 0 Å². The zero-order valence-corrected chi connectivity index (χ0v) is 6.60. The van der Waals surface area contributed by atoms with E-state index in [0.717, 1.165) is 0 Å². The summed E-state index contributed by atoms with van der Waals surface area (Å²) in [5.74, 6) is -1.46. The summed E-state index contributed by atoms with van der Waals surface area (Å²) in [4.78, 5) is 10.6. The van der Waals surface area contributed by atoms with Crippen LogP contribution in [-0.2, 0) is 4.79 Å². The molecule has 0 heterocycles. The third-order valence-electron chi connectivity index (χ3n) is 2.44. The third-order valence-corrected chi connectivity index (χ3v) is 2.44. The Labute approximate surface area is 70.3 Å². The first-order chi connectivity index (χ1) is 5.46. The minimum atomic E-state index is -1.45. The van der Waals surface area contributed by atoms with E-state index in [9.17, 15) is 4.79 Å². The Morgan fingerprint density at radius 3 is 2.42 bits per heavy atom. The highest BCUT2D eigenvalue weighted by Crippen LogP contribution is 2.37. The molecule has 0 bridgehead atoms. The topological polar surface area (TPSA) is 104 Å². The zero-order chi connectivity index (χ0) is 9.35. The highest BCUT2D eigenvalue weighted by molar-refractivity contribution is 6.43. The molecular formula is C6H12BNO4. The second-order valence-electron chi connectivity index (χ2n) is 3.38. The number of hydrogen-bond acceptors (Lipinski definition) is 4. The fraction of sp³-hybridized carbons (Fsp3) is 0.833. The lowest BCUT2D eigenvalue weighted by Crippen LogP contribution is -2.45. The highest BCUT2D eigenvalue weighted by atomic mass is 16.4. The average Bonchev–Trinajstić information content (AvgIpc) is 2.33. The second kappa shape index (κ2) is 3.04. The molecule has 0 spiro atoms. The van der Waals surface area contributed by atoms with Crippen molar-refractivity contribution in [1.29, 1.82) is 0 Å². The number of hydrogen-bond donors (Lipinski definition) is 4. The summed E-state index contributed by atoms with van der Waals surface area (Å²) < 4.78 is 0. The van der Waals surface area contributed by atoms with E-state index in [4.69, 9.17) is 20.9 Å². The number of carboxylic acid groups (broad SMARTS) is 1. The van der Waals surface area contributed by atoms with E-state index >= 15 is 0 Å². The van der Waals surface area contributed by atoms with Crippen LogP contribution in [0.2, 0.25) is 5.82 Å². The largest absolute Gasteiger partial charge is 0.480 e. The summed E-state index contributed by atoms with van der Waals surface area (Å²) in [5, 5.41) is 26.2. The van der Waals surface area contributed by atoms with Crippen LogP contribution in [0.25, 0.3) is 0 Å². The maximum absolute atomic E-state index is 10.6. The molecule has 0 aromatic carbocycles. The van der Waals surface area contributed by atoms with Gasteiger partial charge in [0.25, 0.3) is 0 Å². The first-order valence-electron chi connectivity index (χ1n) is 3.84. The molecule has 68 valence electrons. The van der Waals surface area contributed by atoms with Gasteiger partial charge in [0.05, 0.1) is 0 Å². The van der Waals surface area contributed by atoms with Gasteiger partial charge in [-0.3, -0.25) is 4.79 Å². The van der Waals surface area contributed by atoms with E-state index in [1.54, 1.807) is 0 Å². The lowest BCUT2D eigenvalue weighted by Gasteiger charge is -2.17. The number of carbonyl (C=O) groups is 1. The molecule has 2 atom stereocenters. The summed E-state index contributed by atoms with van der Waals surface area (Å²) in [6.45, 7) is 0. The van der Waals surface area contributed by atoms with Crippen molar-refractivity contribution in [1.82, 2.24) is 0 Å². The Bertz CT molecular complexity index is 198. The van der Waals surface area contributed by atoms with Gasteiger partial charge in [0.1, 0.15) is 5.54 Å². The van der Waals surface area contributed by atoms with Crippen LogP contribution < -0.4 is 5.73 Å². The van der Waals surface area contributed by atoms with Crippen molar-refractivity contribution in [3.05, 3.63) is 0 Å².